The third-order valence-corrected chi connectivity index (χ3v) is 3.82. The smallest absolute Gasteiger partial charge is 0.306 e. The van der Waals surface area contributed by atoms with E-state index < -0.39 is 29.3 Å². The van der Waals surface area contributed by atoms with Crippen molar-refractivity contribution in [1.29, 1.82) is 0 Å². The van der Waals surface area contributed by atoms with Crippen LogP contribution in [0.2, 0.25) is 0 Å². The summed E-state index contributed by atoms with van der Waals surface area (Å²) in [4.78, 5) is 46.3. The summed E-state index contributed by atoms with van der Waals surface area (Å²) in [5, 5.41) is 0. The Hall–Kier alpha value is -1.07. The zero-order valence-corrected chi connectivity index (χ0v) is 17.9. The summed E-state index contributed by atoms with van der Waals surface area (Å²) in [7, 11) is 0. The van der Waals surface area contributed by atoms with Crippen molar-refractivity contribution in [2.24, 2.45) is 5.41 Å². The number of thiol groups is 3. The summed E-state index contributed by atoms with van der Waals surface area (Å²) in [5.74, 6) is -1.28. The first kappa shape index (κ1) is 25.9. The molecule has 0 saturated carbocycles. The highest BCUT2D eigenvalue weighted by molar-refractivity contribution is 7.80. The first-order chi connectivity index (χ1) is 12.8. The van der Waals surface area contributed by atoms with Crippen LogP contribution >= 0.6 is 37.9 Å². The fraction of sp³-hybridized carbons (Fsp3) is 0.750. The average Bonchev–Trinajstić information content (AvgIpc) is 2.61. The standard InChI is InChI=1S/C16H26O8S3/c1-12(17)21-8-16(9-22-13(18)2-5-25,10-23-14(19)3-6-26)11-24-15(20)4-7-27/h25-27H,2-11H2,1H3. The van der Waals surface area contributed by atoms with Crippen LogP contribution in [0.5, 0.6) is 0 Å². The summed E-state index contributed by atoms with van der Waals surface area (Å²) in [5.41, 5.74) is -1.23. The second kappa shape index (κ2) is 14.9. The molecule has 0 bridgehead atoms. The lowest BCUT2D eigenvalue weighted by Gasteiger charge is -2.31. The van der Waals surface area contributed by atoms with Crippen LogP contribution < -0.4 is 0 Å². The van der Waals surface area contributed by atoms with E-state index in [-0.39, 0.29) is 45.7 Å². The van der Waals surface area contributed by atoms with Gasteiger partial charge in [0.2, 0.25) is 0 Å². The highest BCUT2D eigenvalue weighted by Gasteiger charge is 2.37. The molecule has 0 fully saturated rings. The topological polar surface area (TPSA) is 105 Å². The number of hydrogen-bond acceptors (Lipinski definition) is 11. The van der Waals surface area contributed by atoms with Gasteiger partial charge in [-0.1, -0.05) is 0 Å². The van der Waals surface area contributed by atoms with E-state index >= 15 is 0 Å². The minimum Gasteiger partial charge on any atom is -0.465 e. The maximum Gasteiger partial charge on any atom is 0.306 e. The molecule has 0 aliphatic carbocycles. The van der Waals surface area contributed by atoms with Gasteiger partial charge in [0.05, 0.1) is 19.3 Å². The lowest BCUT2D eigenvalue weighted by molar-refractivity contribution is -0.169. The molecule has 0 aliphatic heterocycles. The van der Waals surface area contributed by atoms with Crippen LogP contribution in [0.25, 0.3) is 0 Å². The first-order valence-corrected chi connectivity index (χ1v) is 10.1. The van der Waals surface area contributed by atoms with Gasteiger partial charge in [0.25, 0.3) is 0 Å². The van der Waals surface area contributed by atoms with Crippen molar-refractivity contribution in [3.8, 4) is 0 Å². The van der Waals surface area contributed by atoms with Crippen molar-refractivity contribution in [3.05, 3.63) is 0 Å². The maximum absolute atomic E-state index is 11.7. The average molecular weight is 443 g/mol. The molecule has 0 rings (SSSR count). The number of esters is 4. The third kappa shape index (κ3) is 12.9. The van der Waals surface area contributed by atoms with Crippen LogP contribution in [-0.4, -0.2) is 67.6 Å². The largest absolute Gasteiger partial charge is 0.465 e. The van der Waals surface area contributed by atoms with Gasteiger partial charge in [-0.05, 0) is 0 Å². The number of rotatable bonds is 14. The second-order valence-electron chi connectivity index (χ2n) is 5.68. The molecule has 0 radical (unpaired) electrons. The Kier molecular flexibility index (Phi) is 14.3. The number of carbonyl (C=O) groups is 4. The fourth-order valence-electron chi connectivity index (χ4n) is 1.70. The van der Waals surface area contributed by atoms with E-state index in [1.807, 2.05) is 0 Å². The molecular formula is C16H26O8S3. The first-order valence-electron chi connectivity index (χ1n) is 8.21. The van der Waals surface area contributed by atoms with Crippen LogP contribution in [0.4, 0.5) is 0 Å². The van der Waals surface area contributed by atoms with Gasteiger partial charge in [-0.3, -0.25) is 19.2 Å². The highest BCUT2D eigenvalue weighted by atomic mass is 32.1. The molecule has 0 amide bonds. The van der Waals surface area contributed by atoms with Crippen molar-refractivity contribution in [2.45, 2.75) is 26.2 Å². The summed E-state index contributed by atoms with van der Waals surface area (Å²) in [6.07, 6.45) is 0.225. The van der Waals surface area contributed by atoms with E-state index in [9.17, 15) is 19.2 Å². The van der Waals surface area contributed by atoms with E-state index in [1.54, 1.807) is 0 Å². The molecule has 0 aromatic rings. The van der Waals surface area contributed by atoms with E-state index in [4.69, 9.17) is 18.9 Å². The maximum atomic E-state index is 11.7. The Labute approximate surface area is 175 Å². The van der Waals surface area contributed by atoms with Gasteiger partial charge < -0.3 is 18.9 Å². The van der Waals surface area contributed by atoms with Gasteiger partial charge in [0.15, 0.2) is 0 Å². The van der Waals surface area contributed by atoms with E-state index in [1.165, 1.54) is 6.92 Å². The summed E-state index contributed by atoms with van der Waals surface area (Å²) in [6.45, 7) is 0.135. The molecule has 0 unspecified atom stereocenters. The van der Waals surface area contributed by atoms with Gasteiger partial charge in [-0.2, -0.15) is 37.9 Å². The molecule has 27 heavy (non-hydrogen) atoms. The molecule has 0 aromatic heterocycles. The Morgan fingerprint density at radius 2 is 0.926 bits per heavy atom. The fourth-order valence-corrected chi connectivity index (χ4v) is 2.24. The van der Waals surface area contributed by atoms with Gasteiger partial charge in [0.1, 0.15) is 31.8 Å². The van der Waals surface area contributed by atoms with Gasteiger partial charge in [-0.25, -0.2) is 0 Å². The van der Waals surface area contributed by atoms with Crippen molar-refractivity contribution in [2.75, 3.05) is 43.7 Å². The lowest BCUT2D eigenvalue weighted by Crippen LogP contribution is -2.44. The Morgan fingerprint density at radius 3 is 1.19 bits per heavy atom. The molecule has 0 saturated heterocycles. The van der Waals surface area contributed by atoms with Gasteiger partial charge in [-0.15, -0.1) is 0 Å². The Morgan fingerprint density at radius 1 is 0.630 bits per heavy atom. The molecule has 0 heterocycles. The van der Waals surface area contributed by atoms with Crippen molar-refractivity contribution in [1.82, 2.24) is 0 Å². The molecule has 0 aromatic carbocycles. The second-order valence-corrected chi connectivity index (χ2v) is 7.02. The number of hydrogen-bond donors (Lipinski definition) is 3. The molecule has 8 nitrogen and oxygen atoms in total. The quantitative estimate of drug-likeness (QED) is 0.209. The van der Waals surface area contributed by atoms with Crippen LogP contribution in [-0.2, 0) is 38.1 Å². The summed E-state index contributed by atoms with van der Waals surface area (Å²) in [6, 6.07) is 0. The molecular weight excluding hydrogens is 416 g/mol. The van der Waals surface area contributed by atoms with E-state index in [0.717, 1.165) is 0 Å². The highest BCUT2D eigenvalue weighted by Crippen LogP contribution is 2.22. The monoisotopic (exact) mass is 442 g/mol. The predicted octanol–water partition coefficient (Wildman–Crippen LogP) is 1.13. The lowest BCUT2D eigenvalue weighted by atomic mass is 9.92. The molecule has 156 valence electrons. The van der Waals surface area contributed by atoms with E-state index in [2.05, 4.69) is 37.9 Å². The molecule has 0 spiro atoms. The summed E-state index contributed by atoms with van der Waals surface area (Å²) >= 11 is 11.9. The molecule has 0 atom stereocenters. The Balaban J connectivity index is 5.24. The zero-order valence-electron chi connectivity index (χ0n) is 15.2. The van der Waals surface area contributed by atoms with Gasteiger partial charge >= 0.3 is 23.9 Å². The number of ether oxygens (including phenoxy) is 4. The SMILES string of the molecule is CC(=O)OCC(COC(=O)CCS)(COC(=O)CCS)COC(=O)CCS. The normalized spacial score (nSPS) is 10.8. The molecule has 0 aliphatic rings. The van der Waals surface area contributed by atoms with Crippen molar-refractivity contribution in [3.63, 3.8) is 0 Å². The number of carbonyl (C=O) groups excluding carboxylic acids is 4. The third-order valence-electron chi connectivity index (χ3n) is 3.15. The van der Waals surface area contributed by atoms with Crippen molar-refractivity contribution >= 4 is 61.8 Å². The van der Waals surface area contributed by atoms with Gasteiger partial charge in [0, 0.05) is 24.2 Å². The van der Waals surface area contributed by atoms with E-state index in [0.29, 0.717) is 17.3 Å². The zero-order chi connectivity index (χ0) is 20.7. The minimum absolute atomic E-state index is 0.0750. The minimum atomic E-state index is -1.23. The Bertz CT molecular complexity index is 443. The van der Waals surface area contributed by atoms with Crippen LogP contribution in [0.3, 0.4) is 0 Å². The van der Waals surface area contributed by atoms with Crippen LogP contribution in [0, 0.1) is 5.41 Å². The molecule has 11 heteroatoms. The van der Waals surface area contributed by atoms with Crippen LogP contribution in [0.1, 0.15) is 26.2 Å². The van der Waals surface area contributed by atoms with Crippen LogP contribution in [0.15, 0.2) is 0 Å². The summed E-state index contributed by atoms with van der Waals surface area (Å²) < 4.78 is 20.5. The molecule has 0 N–H and O–H groups in total. The predicted molar refractivity (Wildman–Crippen MR) is 107 cm³/mol. The van der Waals surface area contributed by atoms with Crippen molar-refractivity contribution < 1.29 is 38.1 Å².